The van der Waals surface area contributed by atoms with E-state index < -0.39 is 0 Å². The maximum absolute atomic E-state index is 13.8. The Labute approximate surface area is 118 Å². The highest BCUT2D eigenvalue weighted by Crippen LogP contribution is 2.30. The normalized spacial score (nSPS) is 11.1. The molecule has 5 heteroatoms. The summed E-state index contributed by atoms with van der Waals surface area (Å²) in [6.45, 7) is 1.97. The predicted octanol–water partition coefficient (Wildman–Crippen LogP) is 3.79. The van der Waals surface area contributed by atoms with Crippen LogP contribution in [-0.2, 0) is 0 Å². The first-order chi connectivity index (χ1) is 9.08. The molecule has 3 aromatic rings. The van der Waals surface area contributed by atoms with Gasteiger partial charge in [0.25, 0.3) is 0 Å². The summed E-state index contributed by atoms with van der Waals surface area (Å²) in [5.41, 5.74) is 8.71. The first-order valence-corrected chi connectivity index (χ1v) is 6.56. The summed E-state index contributed by atoms with van der Waals surface area (Å²) in [5, 5.41) is 0. The molecule has 0 radical (unpaired) electrons. The van der Waals surface area contributed by atoms with Crippen LogP contribution < -0.4 is 5.73 Å². The van der Waals surface area contributed by atoms with E-state index in [9.17, 15) is 4.39 Å². The quantitative estimate of drug-likeness (QED) is 0.741. The van der Waals surface area contributed by atoms with Crippen LogP contribution in [-0.4, -0.2) is 9.38 Å². The Hall–Kier alpha value is -1.88. The summed E-state index contributed by atoms with van der Waals surface area (Å²) in [4.78, 5) is 4.42. The number of nitrogens with zero attached hydrogens (tertiary/aromatic N) is 2. The van der Waals surface area contributed by atoms with Crippen LogP contribution in [0.3, 0.4) is 0 Å². The van der Waals surface area contributed by atoms with Crippen LogP contribution in [0.4, 0.5) is 10.2 Å². The molecule has 0 saturated heterocycles. The zero-order valence-corrected chi connectivity index (χ0v) is 11.8. The van der Waals surface area contributed by atoms with E-state index in [-0.39, 0.29) is 5.82 Å². The number of nitrogen functional groups attached to an aromatic ring is 1. The van der Waals surface area contributed by atoms with Crippen molar-refractivity contribution in [2.24, 2.45) is 0 Å². The summed E-state index contributed by atoms with van der Waals surface area (Å²) < 4.78 is 16.5. The van der Waals surface area contributed by atoms with Crippen LogP contribution in [0.2, 0.25) is 0 Å². The summed E-state index contributed by atoms with van der Waals surface area (Å²) in [6.07, 6.45) is 1.84. The van der Waals surface area contributed by atoms with Gasteiger partial charge >= 0.3 is 0 Å². The number of benzene rings is 1. The lowest BCUT2D eigenvalue weighted by atomic mass is 10.1. The predicted molar refractivity (Wildman–Crippen MR) is 77.4 cm³/mol. The van der Waals surface area contributed by atoms with Crippen molar-refractivity contribution in [3.63, 3.8) is 0 Å². The Morgan fingerprint density at radius 1 is 1.32 bits per heavy atom. The molecule has 2 aromatic heterocycles. The molecule has 19 heavy (non-hydrogen) atoms. The Morgan fingerprint density at radius 3 is 2.79 bits per heavy atom. The molecule has 0 bridgehead atoms. The van der Waals surface area contributed by atoms with Crippen molar-refractivity contribution in [2.45, 2.75) is 6.92 Å². The zero-order chi connectivity index (χ0) is 13.6. The lowest BCUT2D eigenvalue weighted by Crippen LogP contribution is -1.95. The number of imidazole rings is 1. The van der Waals surface area contributed by atoms with Gasteiger partial charge in [-0.1, -0.05) is 12.1 Å². The summed E-state index contributed by atoms with van der Waals surface area (Å²) >= 11 is 3.45. The molecule has 0 fully saturated rings. The maximum Gasteiger partial charge on any atom is 0.139 e. The van der Waals surface area contributed by atoms with Gasteiger partial charge in [-0.3, -0.25) is 4.40 Å². The number of hydrogen-bond acceptors (Lipinski definition) is 2. The Morgan fingerprint density at radius 2 is 2.05 bits per heavy atom. The highest BCUT2D eigenvalue weighted by molar-refractivity contribution is 9.10. The van der Waals surface area contributed by atoms with Crippen LogP contribution in [0.5, 0.6) is 0 Å². The van der Waals surface area contributed by atoms with Gasteiger partial charge in [0.05, 0.1) is 0 Å². The lowest BCUT2D eigenvalue weighted by Gasteiger charge is -2.02. The fourth-order valence-electron chi connectivity index (χ4n) is 2.03. The Balaban J connectivity index is 2.32. The van der Waals surface area contributed by atoms with Crippen LogP contribution in [0.25, 0.3) is 16.9 Å². The summed E-state index contributed by atoms with van der Waals surface area (Å²) in [6, 6.07) is 8.40. The number of hydrogen-bond donors (Lipinski definition) is 1. The first-order valence-electron chi connectivity index (χ1n) is 5.76. The SMILES string of the molecule is Cc1cc2nc(-c3ccccc3F)c(N)n2cc1Br. The average Bonchev–Trinajstić information content (AvgIpc) is 2.68. The van der Waals surface area contributed by atoms with E-state index in [1.807, 2.05) is 19.2 Å². The number of pyridine rings is 1. The van der Waals surface area contributed by atoms with E-state index in [0.29, 0.717) is 22.7 Å². The molecule has 0 unspecified atom stereocenters. The number of fused-ring (bicyclic) bond motifs is 1. The molecule has 0 atom stereocenters. The minimum atomic E-state index is -0.326. The monoisotopic (exact) mass is 319 g/mol. The van der Waals surface area contributed by atoms with Crippen LogP contribution in [0.15, 0.2) is 41.0 Å². The molecule has 0 saturated carbocycles. The van der Waals surface area contributed by atoms with Gasteiger partial charge in [-0.25, -0.2) is 9.37 Å². The van der Waals surface area contributed by atoms with E-state index in [2.05, 4.69) is 20.9 Å². The minimum absolute atomic E-state index is 0.326. The van der Waals surface area contributed by atoms with Crippen molar-refractivity contribution in [3.05, 3.63) is 52.4 Å². The van der Waals surface area contributed by atoms with Crippen LogP contribution >= 0.6 is 15.9 Å². The number of halogens is 2. The number of aromatic nitrogens is 2. The molecule has 96 valence electrons. The third kappa shape index (κ3) is 1.90. The minimum Gasteiger partial charge on any atom is -0.383 e. The van der Waals surface area contributed by atoms with E-state index >= 15 is 0 Å². The van der Waals surface area contributed by atoms with E-state index in [4.69, 9.17) is 5.73 Å². The van der Waals surface area contributed by atoms with Crippen molar-refractivity contribution < 1.29 is 4.39 Å². The van der Waals surface area contributed by atoms with Gasteiger partial charge in [0.15, 0.2) is 0 Å². The highest BCUT2D eigenvalue weighted by Gasteiger charge is 2.15. The van der Waals surface area contributed by atoms with Gasteiger partial charge in [0.1, 0.15) is 23.0 Å². The smallest absolute Gasteiger partial charge is 0.139 e. The lowest BCUT2D eigenvalue weighted by molar-refractivity contribution is 0.631. The van der Waals surface area contributed by atoms with Crippen molar-refractivity contribution in [3.8, 4) is 11.3 Å². The van der Waals surface area contributed by atoms with Crippen molar-refractivity contribution in [2.75, 3.05) is 5.73 Å². The van der Waals surface area contributed by atoms with Crippen LogP contribution in [0, 0.1) is 12.7 Å². The van der Waals surface area contributed by atoms with Gasteiger partial charge in [-0.05, 0) is 46.6 Å². The largest absolute Gasteiger partial charge is 0.383 e. The molecular formula is C14H11BrFN3. The van der Waals surface area contributed by atoms with Crippen LogP contribution in [0.1, 0.15) is 5.56 Å². The van der Waals surface area contributed by atoms with Gasteiger partial charge in [-0.2, -0.15) is 0 Å². The highest BCUT2D eigenvalue weighted by atomic mass is 79.9. The van der Waals surface area contributed by atoms with E-state index in [1.54, 1.807) is 22.6 Å². The molecule has 0 aliphatic rings. The number of anilines is 1. The second kappa shape index (κ2) is 4.35. The molecule has 2 heterocycles. The Kier molecular flexibility index (Phi) is 2.78. The number of rotatable bonds is 1. The molecule has 3 rings (SSSR count). The number of nitrogens with two attached hydrogens (primary N) is 1. The van der Waals surface area contributed by atoms with Gasteiger partial charge in [0, 0.05) is 16.2 Å². The van der Waals surface area contributed by atoms with Gasteiger partial charge in [0.2, 0.25) is 0 Å². The molecule has 0 spiro atoms. The molecule has 1 aromatic carbocycles. The molecule has 2 N–H and O–H groups in total. The fourth-order valence-corrected chi connectivity index (χ4v) is 2.35. The van der Waals surface area contributed by atoms with E-state index in [1.165, 1.54) is 6.07 Å². The van der Waals surface area contributed by atoms with Gasteiger partial charge < -0.3 is 5.73 Å². The van der Waals surface area contributed by atoms with Crippen molar-refractivity contribution in [1.82, 2.24) is 9.38 Å². The summed E-state index contributed by atoms with van der Waals surface area (Å²) in [7, 11) is 0. The fraction of sp³-hybridized carbons (Fsp3) is 0.0714. The average molecular weight is 320 g/mol. The number of aryl methyl sites for hydroxylation is 1. The van der Waals surface area contributed by atoms with Crippen molar-refractivity contribution in [1.29, 1.82) is 0 Å². The van der Waals surface area contributed by atoms with E-state index in [0.717, 1.165) is 10.0 Å². The maximum atomic E-state index is 13.8. The Bertz CT molecular complexity index is 780. The standard InChI is InChI=1S/C14H11BrFN3/c1-8-6-12-18-13(9-4-2-3-5-11(9)16)14(17)19(12)7-10(8)15/h2-7H,17H2,1H3. The summed E-state index contributed by atoms with van der Waals surface area (Å²) in [5.74, 6) is 0.106. The third-order valence-electron chi connectivity index (χ3n) is 3.07. The topological polar surface area (TPSA) is 43.3 Å². The molecule has 0 amide bonds. The molecular weight excluding hydrogens is 309 g/mol. The van der Waals surface area contributed by atoms with Crippen molar-refractivity contribution >= 4 is 27.4 Å². The second-order valence-electron chi connectivity index (χ2n) is 4.36. The molecule has 0 aliphatic carbocycles. The molecule has 0 aliphatic heterocycles. The second-order valence-corrected chi connectivity index (χ2v) is 5.21. The van der Waals surface area contributed by atoms with Gasteiger partial charge in [-0.15, -0.1) is 0 Å². The first kappa shape index (κ1) is 12.2. The molecule has 3 nitrogen and oxygen atoms in total. The zero-order valence-electron chi connectivity index (χ0n) is 10.2. The third-order valence-corrected chi connectivity index (χ3v) is 3.90.